The summed E-state index contributed by atoms with van der Waals surface area (Å²) in [6.45, 7) is 13.6. The normalized spacial score (nSPS) is 12.6. The molecule has 0 amide bonds. The van der Waals surface area contributed by atoms with E-state index in [9.17, 15) is 0 Å². The van der Waals surface area contributed by atoms with Crippen molar-refractivity contribution in [1.82, 2.24) is 13.3 Å². The van der Waals surface area contributed by atoms with Crippen LogP contribution >= 0.6 is 11.7 Å². The molecule has 0 aliphatic carbocycles. The van der Waals surface area contributed by atoms with Crippen LogP contribution in [-0.4, -0.2) is 13.3 Å². The lowest BCUT2D eigenvalue weighted by Crippen LogP contribution is -2.15. The largest absolute Gasteiger partial charge is 0.453 e. The topological polar surface area (TPSA) is 58.9 Å². The predicted octanol–water partition coefficient (Wildman–Crippen LogP) is 26.3. The number of hydrogen-bond acceptors (Lipinski definition) is 8. The molecule has 4 heterocycles. The number of hydrogen-bond donors (Lipinski definition) is 0. The Bertz CT molecular complexity index is 5540. The van der Waals surface area contributed by atoms with Crippen molar-refractivity contribution in [2.24, 2.45) is 0 Å². The lowest BCUT2D eigenvalue weighted by molar-refractivity contribution is 0.477. The average Bonchev–Trinajstić information content (AvgIpc) is 1.68. The van der Waals surface area contributed by atoms with Gasteiger partial charge in [-0.15, -0.1) is 0 Å². The van der Waals surface area contributed by atoms with Crippen molar-refractivity contribution >= 4 is 95.8 Å². The number of fused-ring (bicyclic) bond motifs is 8. The van der Waals surface area contributed by atoms with Crippen molar-refractivity contribution < 1.29 is 9.47 Å². The van der Waals surface area contributed by atoms with Gasteiger partial charge in [0.15, 0.2) is 23.0 Å². The van der Waals surface area contributed by atoms with Crippen molar-refractivity contribution in [2.45, 2.75) is 52.4 Å². The van der Waals surface area contributed by atoms with E-state index in [1.165, 1.54) is 55.9 Å². The summed E-state index contributed by atoms with van der Waals surface area (Å²) in [5.41, 5.74) is 27.8. The molecule has 486 valence electrons. The number of para-hydroxylation sites is 6. The summed E-state index contributed by atoms with van der Waals surface area (Å²) in [6, 6.07) is 114. The molecule has 2 aromatic heterocycles. The highest BCUT2D eigenvalue weighted by Crippen LogP contribution is 2.54. The predicted molar refractivity (Wildman–Crippen MR) is 421 cm³/mol. The zero-order valence-electron chi connectivity index (χ0n) is 56.9. The molecular formula is C92H70N6O2S. The molecule has 101 heavy (non-hydrogen) atoms. The van der Waals surface area contributed by atoms with Crippen LogP contribution < -0.4 is 24.2 Å². The SMILES string of the molecule is CC(C)(C)c1ccc(-c2ccc3c(c2)c2cc(-c4ccc(C(C)(C)C)cc4)ccc2n3-c2ccc(-c3ccc(N(c4ccc(-c5ccc6c(c5)Oc5ccccc5N6c5ccccc5)cc4)c4ccc(-c5ccc6c(c5)Oc5ccccc5N6c5ccccc5)cc4)c4nsnc34)cc2)cc1. The van der Waals surface area contributed by atoms with Gasteiger partial charge in [0.1, 0.15) is 11.0 Å². The second-order valence-electron chi connectivity index (χ2n) is 28.4. The van der Waals surface area contributed by atoms with Crippen LogP contribution in [0.4, 0.5) is 51.2 Å². The monoisotopic (exact) mass is 1320 g/mol. The smallest absolute Gasteiger partial charge is 0.152 e. The van der Waals surface area contributed by atoms with Gasteiger partial charge in [-0.25, -0.2) is 0 Å². The first-order valence-electron chi connectivity index (χ1n) is 34.5. The molecule has 18 rings (SSSR count). The van der Waals surface area contributed by atoms with Crippen LogP contribution in [0.15, 0.2) is 315 Å². The van der Waals surface area contributed by atoms with Gasteiger partial charge in [-0.1, -0.05) is 211 Å². The molecule has 0 unspecified atom stereocenters. The van der Waals surface area contributed by atoms with E-state index in [4.69, 9.17) is 18.2 Å². The van der Waals surface area contributed by atoms with E-state index < -0.39 is 0 Å². The van der Waals surface area contributed by atoms with Crippen molar-refractivity contribution in [1.29, 1.82) is 0 Å². The van der Waals surface area contributed by atoms with Gasteiger partial charge >= 0.3 is 0 Å². The first-order valence-corrected chi connectivity index (χ1v) is 35.2. The van der Waals surface area contributed by atoms with Gasteiger partial charge in [-0.05, 0) is 218 Å². The van der Waals surface area contributed by atoms with E-state index in [0.29, 0.717) is 0 Å². The fourth-order valence-corrected chi connectivity index (χ4v) is 15.2. The molecule has 9 heteroatoms. The van der Waals surface area contributed by atoms with E-state index in [1.54, 1.807) is 0 Å². The third-order valence-electron chi connectivity index (χ3n) is 20.0. The summed E-state index contributed by atoms with van der Waals surface area (Å²) in [5, 5.41) is 2.42. The van der Waals surface area contributed by atoms with Crippen LogP contribution in [0.25, 0.3) is 94.2 Å². The Kier molecular flexibility index (Phi) is 14.7. The van der Waals surface area contributed by atoms with Gasteiger partial charge in [-0.3, -0.25) is 0 Å². The van der Waals surface area contributed by atoms with Gasteiger partial charge in [-0.2, -0.15) is 8.75 Å². The van der Waals surface area contributed by atoms with Crippen LogP contribution in [0.5, 0.6) is 23.0 Å². The molecule has 0 atom stereocenters. The fraction of sp³-hybridized carbons (Fsp3) is 0.0870. The van der Waals surface area contributed by atoms with Gasteiger partial charge in [0.25, 0.3) is 0 Å². The van der Waals surface area contributed by atoms with Gasteiger partial charge < -0.3 is 28.7 Å². The summed E-state index contributed by atoms with van der Waals surface area (Å²) >= 11 is 1.24. The molecule has 0 saturated heterocycles. The zero-order chi connectivity index (χ0) is 68.1. The summed E-state index contributed by atoms with van der Waals surface area (Å²) < 4.78 is 26.0. The molecule has 8 nitrogen and oxygen atoms in total. The molecule has 2 aliphatic rings. The molecular weight excluding hydrogens is 1250 g/mol. The molecule has 2 aliphatic heterocycles. The van der Waals surface area contributed by atoms with Crippen molar-refractivity contribution in [3.05, 3.63) is 327 Å². The standard InChI is InChI=1S/C92H70N6O2S/c1-91(2,3)68-39-25-59(26-40-68)64-35-50-78-76(55-64)77-56-65(60-27-41-69(42-28-60)92(4,5)6)36-51-79(77)96(78)74-47-33-63(34-48-74)75-49-54-84(90-89(75)93-101-94-90)95(72-43-29-61(30-44-72)66-37-52-82-87(57-66)99-85-23-15-13-21-80(85)97(82)70-17-9-7-10-18-70)73-45-31-62(32-46-73)67-38-53-83-88(58-67)100-86-24-16-14-22-81(86)98(83)71-19-11-8-12-20-71/h7-58H,1-6H3. The molecule has 0 N–H and O–H groups in total. The van der Waals surface area contributed by atoms with Crippen LogP contribution in [-0.2, 0) is 10.8 Å². The molecule has 16 aromatic rings. The van der Waals surface area contributed by atoms with E-state index >= 15 is 0 Å². The van der Waals surface area contributed by atoms with Crippen LogP contribution in [0.1, 0.15) is 52.7 Å². The van der Waals surface area contributed by atoms with Gasteiger partial charge in [0.2, 0.25) is 0 Å². The summed E-state index contributed by atoms with van der Waals surface area (Å²) in [6.07, 6.45) is 0. The van der Waals surface area contributed by atoms with E-state index in [1.807, 2.05) is 36.4 Å². The van der Waals surface area contributed by atoms with E-state index in [-0.39, 0.29) is 10.8 Å². The van der Waals surface area contributed by atoms with Crippen LogP contribution in [0, 0.1) is 0 Å². The molecule has 0 saturated carbocycles. The highest BCUT2D eigenvalue weighted by atomic mass is 32.1. The molecule has 0 fully saturated rings. The van der Waals surface area contributed by atoms with Crippen molar-refractivity contribution in [3.63, 3.8) is 0 Å². The maximum Gasteiger partial charge on any atom is 0.152 e. The first kappa shape index (κ1) is 61.1. The number of rotatable bonds is 11. The van der Waals surface area contributed by atoms with E-state index in [2.05, 4.69) is 340 Å². The Morgan fingerprint density at radius 2 is 0.683 bits per heavy atom. The Balaban J connectivity index is 0.710. The minimum absolute atomic E-state index is 0.0673. The lowest BCUT2D eigenvalue weighted by atomic mass is 9.86. The van der Waals surface area contributed by atoms with Crippen LogP contribution in [0.2, 0.25) is 0 Å². The Morgan fingerprint density at radius 1 is 0.307 bits per heavy atom. The summed E-state index contributed by atoms with van der Waals surface area (Å²) in [5.74, 6) is 3.20. The van der Waals surface area contributed by atoms with Gasteiger partial charge in [0, 0.05) is 44.8 Å². The number of aromatic nitrogens is 3. The molecule has 14 aromatic carbocycles. The molecule has 0 spiro atoms. The van der Waals surface area contributed by atoms with Crippen molar-refractivity contribution in [2.75, 3.05) is 14.7 Å². The minimum Gasteiger partial charge on any atom is -0.453 e. The fourth-order valence-electron chi connectivity index (χ4n) is 14.7. The Labute approximate surface area is 592 Å². The zero-order valence-corrected chi connectivity index (χ0v) is 57.7. The second-order valence-corrected chi connectivity index (χ2v) is 28.9. The Hall–Kier alpha value is -12.3. The van der Waals surface area contributed by atoms with E-state index in [0.717, 1.165) is 135 Å². The number of nitrogens with zero attached hydrogens (tertiary/aromatic N) is 6. The number of anilines is 9. The minimum atomic E-state index is 0.0673. The third-order valence-corrected chi connectivity index (χ3v) is 20.5. The maximum atomic E-state index is 6.68. The van der Waals surface area contributed by atoms with Crippen LogP contribution in [0.3, 0.4) is 0 Å². The quantitative estimate of drug-likeness (QED) is 0.128. The van der Waals surface area contributed by atoms with Gasteiger partial charge in [0.05, 0.1) is 51.2 Å². The number of ether oxygens (including phenoxy) is 2. The summed E-state index contributed by atoms with van der Waals surface area (Å²) in [7, 11) is 0. The third kappa shape index (κ3) is 10.9. The molecule has 0 radical (unpaired) electrons. The molecule has 0 bridgehead atoms. The Morgan fingerprint density at radius 3 is 1.14 bits per heavy atom. The second kappa shape index (κ2) is 24.3. The highest BCUT2D eigenvalue weighted by molar-refractivity contribution is 7.00. The first-order chi connectivity index (χ1) is 49.3. The highest BCUT2D eigenvalue weighted by Gasteiger charge is 2.29. The van der Waals surface area contributed by atoms with Crippen molar-refractivity contribution in [3.8, 4) is 84.3 Å². The maximum absolute atomic E-state index is 6.68. The summed E-state index contributed by atoms with van der Waals surface area (Å²) in [4.78, 5) is 6.85. The average molecular weight is 1320 g/mol. The number of benzene rings is 14. The lowest BCUT2D eigenvalue weighted by Gasteiger charge is -2.33.